The number of nitrogens with one attached hydrogen (secondary N) is 2. The van der Waals surface area contributed by atoms with Crippen LogP contribution in [0.5, 0.6) is 5.75 Å². The molecule has 9 heteroatoms. The van der Waals surface area contributed by atoms with Crippen LogP contribution in [0.15, 0.2) is 24.3 Å². The van der Waals surface area contributed by atoms with E-state index >= 15 is 0 Å². The number of ether oxygens (including phenoxy) is 1. The van der Waals surface area contributed by atoms with E-state index in [2.05, 4.69) is 17.6 Å². The van der Waals surface area contributed by atoms with Gasteiger partial charge in [0.25, 0.3) is 0 Å². The highest BCUT2D eigenvalue weighted by atomic mass is 32.2. The van der Waals surface area contributed by atoms with Crippen molar-refractivity contribution >= 4 is 29.7 Å². The molecule has 0 bridgehead atoms. The van der Waals surface area contributed by atoms with Crippen LogP contribution >= 0.6 is 11.8 Å². The van der Waals surface area contributed by atoms with Crippen molar-refractivity contribution in [1.29, 1.82) is 0 Å². The minimum Gasteiger partial charge on any atom is -0.508 e. The van der Waals surface area contributed by atoms with Crippen molar-refractivity contribution in [1.82, 2.24) is 15.5 Å². The quantitative estimate of drug-likeness (QED) is 0.296. The summed E-state index contributed by atoms with van der Waals surface area (Å²) in [5.74, 6) is -0.182. The molecule has 2 unspecified atom stereocenters. The summed E-state index contributed by atoms with van der Waals surface area (Å²) < 4.78 is 5.41. The lowest BCUT2D eigenvalue weighted by Gasteiger charge is -2.35. The Bertz CT molecular complexity index is 841. The van der Waals surface area contributed by atoms with E-state index in [1.54, 1.807) is 50.7 Å². The summed E-state index contributed by atoms with van der Waals surface area (Å²) in [7, 11) is 0. The van der Waals surface area contributed by atoms with Gasteiger partial charge in [-0.1, -0.05) is 44.4 Å². The third kappa shape index (κ3) is 11.1. The van der Waals surface area contributed by atoms with Crippen LogP contribution in [0.4, 0.5) is 4.79 Å². The number of carbonyl (C=O) groups excluding carboxylic acids is 3. The summed E-state index contributed by atoms with van der Waals surface area (Å²) in [4.78, 5) is 41.6. The normalized spacial score (nSPS) is 13.1. The van der Waals surface area contributed by atoms with Gasteiger partial charge >= 0.3 is 6.09 Å². The van der Waals surface area contributed by atoms with Crippen molar-refractivity contribution in [2.24, 2.45) is 0 Å². The Morgan fingerprint density at radius 2 is 1.75 bits per heavy atom. The molecule has 0 saturated carbocycles. The number of nitrogens with zero attached hydrogens (tertiary/aromatic N) is 1. The van der Waals surface area contributed by atoms with E-state index in [0.29, 0.717) is 30.7 Å². The first-order valence-electron chi connectivity index (χ1n) is 12.8. The zero-order valence-electron chi connectivity index (χ0n) is 22.9. The highest BCUT2D eigenvalue weighted by molar-refractivity contribution is 7.98. The zero-order chi connectivity index (χ0) is 27.3. The number of hydrogen-bond acceptors (Lipinski definition) is 6. The lowest BCUT2D eigenvalue weighted by molar-refractivity contribution is -0.142. The third-order valence-corrected chi connectivity index (χ3v) is 6.00. The van der Waals surface area contributed by atoms with E-state index in [-0.39, 0.29) is 23.6 Å². The molecular formula is C27H45N3O5S. The zero-order valence-corrected chi connectivity index (χ0v) is 23.7. The number of para-hydroxylation sites is 1. The molecule has 2 atom stereocenters. The second-order valence-electron chi connectivity index (χ2n) is 10.2. The first-order chi connectivity index (χ1) is 16.9. The minimum atomic E-state index is -1.04. The fourth-order valence-electron chi connectivity index (χ4n) is 3.75. The van der Waals surface area contributed by atoms with Gasteiger partial charge in [0.1, 0.15) is 23.4 Å². The molecule has 3 N–H and O–H groups in total. The number of amides is 3. The second-order valence-corrected chi connectivity index (χ2v) is 11.2. The molecule has 1 aromatic rings. The Morgan fingerprint density at radius 3 is 2.31 bits per heavy atom. The van der Waals surface area contributed by atoms with Crippen molar-refractivity contribution in [2.75, 3.05) is 18.6 Å². The standard InChI is InChI=1S/C27H45N3O5S/c1-8-9-10-13-17-30(23(24(32)28-19(2)3)20-14-11-12-15-22(20)31)25(33)21(16-18-36-7)29-26(34)35-27(4,5)6/h11-12,14-15,19,21,23,31H,8-10,13,16-18H2,1-7H3,(H,28,32)(H,29,34). The Balaban J connectivity index is 3.45. The number of carbonyl (C=O) groups is 3. The molecule has 0 aromatic heterocycles. The Kier molecular flexibility index (Phi) is 13.7. The molecular weight excluding hydrogens is 478 g/mol. The first kappa shape index (κ1) is 31.6. The van der Waals surface area contributed by atoms with Crippen LogP contribution < -0.4 is 10.6 Å². The van der Waals surface area contributed by atoms with Crippen LogP contribution in [0.25, 0.3) is 0 Å². The summed E-state index contributed by atoms with van der Waals surface area (Å²) in [6.45, 7) is 11.4. The molecule has 0 heterocycles. The molecule has 0 fully saturated rings. The van der Waals surface area contributed by atoms with Crippen molar-refractivity contribution in [3.05, 3.63) is 29.8 Å². The van der Waals surface area contributed by atoms with E-state index in [1.165, 1.54) is 11.0 Å². The maximum atomic E-state index is 14.0. The minimum absolute atomic E-state index is 0.0615. The second kappa shape index (κ2) is 15.6. The van der Waals surface area contributed by atoms with E-state index in [9.17, 15) is 19.5 Å². The summed E-state index contributed by atoms with van der Waals surface area (Å²) >= 11 is 1.56. The van der Waals surface area contributed by atoms with Crippen LogP contribution in [0.2, 0.25) is 0 Å². The van der Waals surface area contributed by atoms with Crippen LogP contribution in [0.1, 0.15) is 85.3 Å². The predicted molar refractivity (Wildman–Crippen MR) is 146 cm³/mol. The average molecular weight is 524 g/mol. The number of phenols is 1. The fraction of sp³-hybridized carbons (Fsp3) is 0.667. The maximum absolute atomic E-state index is 14.0. The molecule has 204 valence electrons. The van der Waals surface area contributed by atoms with Gasteiger partial charge in [-0.15, -0.1) is 0 Å². The Morgan fingerprint density at radius 1 is 1.08 bits per heavy atom. The van der Waals surface area contributed by atoms with Gasteiger partial charge in [-0.3, -0.25) is 9.59 Å². The van der Waals surface area contributed by atoms with Crippen LogP contribution in [0.3, 0.4) is 0 Å². The summed E-state index contributed by atoms with van der Waals surface area (Å²) in [6, 6.07) is 4.50. The maximum Gasteiger partial charge on any atom is 0.408 e. The molecule has 1 aromatic carbocycles. The molecule has 0 saturated heterocycles. The van der Waals surface area contributed by atoms with Crippen LogP contribution in [-0.4, -0.2) is 64.2 Å². The van der Waals surface area contributed by atoms with Gasteiger partial charge in [-0.2, -0.15) is 11.8 Å². The van der Waals surface area contributed by atoms with Crippen molar-refractivity contribution in [2.45, 2.75) is 97.4 Å². The number of alkyl carbamates (subject to hydrolysis) is 1. The van der Waals surface area contributed by atoms with Crippen LogP contribution in [-0.2, 0) is 14.3 Å². The van der Waals surface area contributed by atoms with Gasteiger partial charge in [-0.05, 0) is 65.5 Å². The molecule has 0 aliphatic carbocycles. The molecule has 36 heavy (non-hydrogen) atoms. The summed E-state index contributed by atoms with van der Waals surface area (Å²) in [6.07, 6.45) is 5.25. The number of rotatable bonds is 14. The van der Waals surface area contributed by atoms with Gasteiger partial charge in [0.15, 0.2) is 0 Å². The number of thioether (sulfide) groups is 1. The fourth-order valence-corrected chi connectivity index (χ4v) is 4.22. The number of hydrogen-bond donors (Lipinski definition) is 3. The lowest BCUT2D eigenvalue weighted by Crippen LogP contribution is -2.54. The number of unbranched alkanes of at least 4 members (excludes halogenated alkanes) is 3. The molecule has 0 aliphatic rings. The number of benzene rings is 1. The number of aromatic hydroxyl groups is 1. The average Bonchev–Trinajstić information content (AvgIpc) is 2.77. The Hall–Kier alpha value is -2.42. The van der Waals surface area contributed by atoms with Crippen molar-refractivity contribution in [3.8, 4) is 5.75 Å². The highest BCUT2D eigenvalue weighted by Gasteiger charge is 2.37. The SMILES string of the molecule is CCCCCCN(C(=O)C(CCSC)NC(=O)OC(C)(C)C)C(C(=O)NC(C)C)c1ccccc1O. The summed E-state index contributed by atoms with van der Waals surface area (Å²) in [5.41, 5.74) is -0.368. The highest BCUT2D eigenvalue weighted by Crippen LogP contribution is 2.30. The number of phenolic OH excluding ortho intramolecular Hbond substituents is 1. The van der Waals surface area contributed by atoms with E-state index in [4.69, 9.17) is 4.74 Å². The molecule has 3 amide bonds. The first-order valence-corrected chi connectivity index (χ1v) is 14.2. The van der Waals surface area contributed by atoms with Gasteiger partial charge in [0.2, 0.25) is 11.8 Å². The predicted octanol–water partition coefficient (Wildman–Crippen LogP) is 5.01. The molecule has 0 aliphatic heterocycles. The molecule has 1 rings (SSSR count). The van der Waals surface area contributed by atoms with Crippen molar-refractivity contribution in [3.63, 3.8) is 0 Å². The lowest BCUT2D eigenvalue weighted by atomic mass is 10.00. The smallest absolute Gasteiger partial charge is 0.408 e. The van der Waals surface area contributed by atoms with E-state index < -0.39 is 23.8 Å². The van der Waals surface area contributed by atoms with Gasteiger partial charge < -0.3 is 25.4 Å². The van der Waals surface area contributed by atoms with Gasteiger partial charge in [-0.25, -0.2) is 4.79 Å². The Labute approximate surface area is 220 Å². The van der Waals surface area contributed by atoms with Gasteiger partial charge in [0.05, 0.1) is 0 Å². The molecule has 0 radical (unpaired) electrons. The topological polar surface area (TPSA) is 108 Å². The monoisotopic (exact) mass is 523 g/mol. The molecule has 8 nitrogen and oxygen atoms in total. The van der Waals surface area contributed by atoms with Crippen molar-refractivity contribution < 1.29 is 24.2 Å². The van der Waals surface area contributed by atoms with Crippen LogP contribution in [0, 0.1) is 0 Å². The summed E-state index contributed by atoms with van der Waals surface area (Å²) in [5, 5.41) is 16.3. The third-order valence-electron chi connectivity index (χ3n) is 5.36. The van der Waals surface area contributed by atoms with Gasteiger partial charge in [0, 0.05) is 18.2 Å². The van der Waals surface area contributed by atoms with E-state index in [1.807, 2.05) is 20.1 Å². The molecule has 0 spiro atoms. The largest absolute Gasteiger partial charge is 0.508 e. The van der Waals surface area contributed by atoms with E-state index in [0.717, 1.165) is 19.3 Å².